The second-order valence-electron chi connectivity index (χ2n) is 5.38. The lowest BCUT2D eigenvalue weighted by molar-refractivity contribution is 0.143. The molecule has 0 aromatic carbocycles. The Balaban J connectivity index is 0.00000338. The molecule has 2 N–H and O–H groups in total. The zero-order valence-corrected chi connectivity index (χ0v) is 18.6. The van der Waals surface area contributed by atoms with Crippen molar-refractivity contribution in [1.29, 1.82) is 0 Å². The van der Waals surface area contributed by atoms with Crippen molar-refractivity contribution in [2.24, 2.45) is 4.99 Å². The van der Waals surface area contributed by atoms with Crippen LogP contribution in [0.1, 0.15) is 22.9 Å². The highest BCUT2D eigenvalue weighted by atomic mass is 127. The summed E-state index contributed by atoms with van der Waals surface area (Å²) in [6.45, 7) is 7.24. The summed E-state index contributed by atoms with van der Waals surface area (Å²) >= 11 is 1.75. The largest absolute Gasteiger partial charge is 0.475 e. The molecule has 2 aromatic rings. The molecule has 2 rings (SSSR count). The molecule has 2 heterocycles. The molecule has 0 atom stereocenters. The average molecular weight is 490 g/mol. The second-order valence-corrected chi connectivity index (χ2v) is 6.39. The minimum atomic E-state index is 0. The van der Waals surface area contributed by atoms with Crippen LogP contribution in [0.4, 0.5) is 0 Å². The van der Waals surface area contributed by atoms with Gasteiger partial charge >= 0.3 is 0 Å². The van der Waals surface area contributed by atoms with Gasteiger partial charge in [0.05, 0.1) is 19.7 Å². The van der Waals surface area contributed by atoms with Gasteiger partial charge in [0.1, 0.15) is 6.61 Å². The van der Waals surface area contributed by atoms with Gasteiger partial charge in [-0.3, -0.25) is 0 Å². The lowest BCUT2D eigenvalue weighted by atomic mass is 10.3. The third-order valence-corrected chi connectivity index (χ3v) is 4.54. The Morgan fingerprint density at radius 1 is 1.27 bits per heavy atom. The minimum absolute atomic E-state index is 0. The van der Waals surface area contributed by atoms with E-state index in [0.717, 1.165) is 24.6 Å². The van der Waals surface area contributed by atoms with Crippen LogP contribution >= 0.6 is 35.3 Å². The lowest BCUT2D eigenvalue weighted by Gasteiger charge is -2.12. The topological polar surface area (TPSA) is 67.8 Å². The molecular formula is C18H27IN4O2S. The quantitative estimate of drug-likeness (QED) is 0.244. The van der Waals surface area contributed by atoms with E-state index in [1.807, 2.05) is 12.1 Å². The van der Waals surface area contributed by atoms with Crippen molar-refractivity contribution in [3.63, 3.8) is 0 Å². The highest BCUT2D eigenvalue weighted by molar-refractivity contribution is 14.0. The molecule has 0 aliphatic rings. The van der Waals surface area contributed by atoms with Crippen molar-refractivity contribution in [3.05, 3.63) is 45.8 Å². The fourth-order valence-electron chi connectivity index (χ4n) is 2.15. The van der Waals surface area contributed by atoms with E-state index in [2.05, 4.69) is 45.9 Å². The van der Waals surface area contributed by atoms with Gasteiger partial charge in [-0.15, -0.1) is 35.3 Å². The van der Waals surface area contributed by atoms with Crippen LogP contribution in [0.3, 0.4) is 0 Å². The third-order valence-electron chi connectivity index (χ3n) is 3.51. The van der Waals surface area contributed by atoms with E-state index >= 15 is 0 Å². The first-order valence-corrected chi connectivity index (χ1v) is 9.23. The molecule has 26 heavy (non-hydrogen) atoms. The van der Waals surface area contributed by atoms with Crippen molar-refractivity contribution >= 4 is 41.3 Å². The van der Waals surface area contributed by atoms with E-state index in [1.54, 1.807) is 24.6 Å². The van der Waals surface area contributed by atoms with Gasteiger partial charge in [0.25, 0.3) is 0 Å². The van der Waals surface area contributed by atoms with E-state index in [4.69, 9.17) is 9.47 Å². The lowest BCUT2D eigenvalue weighted by Crippen LogP contribution is -2.36. The van der Waals surface area contributed by atoms with E-state index in [1.165, 1.54) is 10.4 Å². The first-order chi connectivity index (χ1) is 12.2. The molecule has 0 saturated carbocycles. The summed E-state index contributed by atoms with van der Waals surface area (Å²) in [6, 6.07) is 6.00. The molecule has 6 nitrogen and oxygen atoms in total. The molecule has 0 aliphatic carbocycles. The van der Waals surface area contributed by atoms with Crippen molar-refractivity contribution in [2.75, 3.05) is 26.9 Å². The van der Waals surface area contributed by atoms with Crippen LogP contribution in [0.2, 0.25) is 0 Å². The van der Waals surface area contributed by atoms with Crippen LogP contribution in [0.5, 0.6) is 5.88 Å². The predicted octanol–water partition coefficient (Wildman–Crippen LogP) is 3.35. The molecule has 0 saturated heterocycles. The van der Waals surface area contributed by atoms with Gasteiger partial charge in [-0.2, -0.15) is 0 Å². The van der Waals surface area contributed by atoms with Crippen LogP contribution < -0.4 is 15.4 Å². The Kier molecular flexibility index (Phi) is 11.2. The summed E-state index contributed by atoms with van der Waals surface area (Å²) in [5.41, 5.74) is 2.25. The van der Waals surface area contributed by atoms with Crippen molar-refractivity contribution in [1.82, 2.24) is 15.6 Å². The maximum absolute atomic E-state index is 5.66. The number of hydrogen-bond acceptors (Lipinski definition) is 5. The van der Waals surface area contributed by atoms with Gasteiger partial charge in [0.15, 0.2) is 5.96 Å². The average Bonchev–Trinajstić information content (AvgIpc) is 3.03. The number of aliphatic imine (C=N–C) groups is 1. The summed E-state index contributed by atoms with van der Waals surface area (Å²) in [4.78, 5) is 10.3. The van der Waals surface area contributed by atoms with E-state index in [0.29, 0.717) is 25.6 Å². The number of methoxy groups -OCH3 is 1. The SMILES string of the molecule is CCNC(=NCc1cccnc1OCCOC)NCc1sccc1C.I. The molecule has 0 unspecified atom stereocenters. The summed E-state index contributed by atoms with van der Waals surface area (Å²) in [7, 11) is 1.65. The normalized spacial score (nSPS) is 11.0. The Bertz CT molecular complexity index is 679. The number of ether oxygens (including phenoxy) is 2. The monoisotopic (exact) mass is 490 g/mol. The number of guanidine groups is 1. The minimum Gasteiger partial charge on any atom is -0.475 e. The number of hydrogen-bond donors (Lipinski definition) is 2. The maximum atomic E-state index is 5.66. The van der Waals surface area contributed by atoms with Crippen molar-refractivity contribution in [3.8, 4) is 5.88 Å². The van der Waals surface area contributed by atoms with Crippen LogP contribution in [0.15, 0.2) is 34.8 Å². The predicted molar refractivity (Wildman–Crippen MR) is 118 cm³/mol. The van der Waals surface area contributed by atoms with Crippen LogP contribution in [-0.2, 0) is 17.8 Å². The summed E-state index contributed by atoms with van der Waals surface area (Å²) in [6.07, 6.45) is 1.72. The third kappa shape index (κ3) is 7.46. The summed E-state index contributed by atoms with van der Waals surface area (Å²) in [5, 5.41) is 8.75. The van der Waals surface area contributed by atoms with Gasteiger partial charge in [-0.05, 0) is 36.9 Å². The van der Waals surface area contributed by atoms with Crippen molar-refractivity contribution < 1.29 is 9.47 Å². The fraction of sp³-hybridized carbons (Fsp3) is 0.444. The maximum Gasteiger partial charge on any atom is 0.218 e. The molecule has 0 aliphatic heterocycles. The number of rotatable bonds is 9. The van der Waals surface area contributed by atoms with Gasteiger partial charge in [-0.25, -0.2) is 9.98 Å². The van der Waals surface area contributed by atoms with Crippen LogP contribution in [-0.4, -0.2) is 37.8 Å². The van der Waals surface area contributed by atoms with Gasteiger partial charge in [-0.1, -0.05) is 6.07 Å². The number of pyridine rings is 1. The first-order valence-electron chi connectivity index (χ1n) is 8.35. The van der Waals surface area contributed by atoms with Gasteiger partial charge < -0.3 is 20.1 Å². The zero-order chi connectivity index (χ0) is 17.9. The molecule has 144 valence electrons. The second kappa shape index (κ2) is 12.9. The number of aryl methyl sites for hydroxylation is 1. The van der Waals surface area contributed by atoms with Crippen LogP contribution in [0, 0.1) is 6.92 Å². The Labute approximate surface area is 176 Å². The van der Waals surface area contributed by atoms with E-state index < -0.39 is 0 Å². The number of aromatic nitrogens is 1. The molecule has 0 bridgehead atoms. The molecule has 0 spiro atoms. The smallest absolute Gasteiger partial charge is 0.218 e. The molecule has 8 heteroatoms. The molecule has 0 radical (unpaired) electrons. The molecule has 0 fully saturated rings. The summed E-state index contributed by atoms with van der Waals surface area (Å²) in [5.74, 6) is 1.38. The molecule has 2 aromatic heterocycles. The highest BCUT2D eigenvalue weighted by Crippen LogP contribution is 2.16. The zero-order valence-electron chi connectivity index (χ0n) is 15.4. The number of halogens is 1. The van der Waals surface area contributed by atoms with E-state index in [-0.39, 0.29) is 24.0 Å². The Hall–Kier alpha value is -1.39. The highest BCUT2D eigenvalue weighted by Gasteiger charge is 2.06. The van der Waals surface area contributed by atoms with Gasteiger partial charge in [0, 0.05) is 30.3 Å². The first kappa shape index (κ1) is 22.7. The molecular weight excluding hydrogens is 463 g/mol. The fourth-order valence-corrected chi connectivity index (χ4v) is 3.00. The summed E-state index contributed by atoms with van der Waals surface area (Å²) < 4.78 is 10.7. The molecule has 0 amide bonds. The Morgan fingerprint density at radius 3 is 2.81 bits per heavy atom. The van der Waals surface area contributed by atoms with Crippen LogP contribution in [0.25, 0.3) is 0 Å². The van der Waals surface area contributed by atoms with Gasteiger partial charge in [0.2, 0.25) is 5.88 Å². The number of nitrogens with zero attached hydrogens (tertiary/aromatic N) is 2. The number of nitrogens with one attached hydrogen (secondary N) is 2. The number of thiophene rings is 1. The Morgan fingerprint density at radius 2 is 2.12 bits per heavy atom. The standard InChI is InChI=1S/C18H26N4O2S.HI/c1-4-19-18(22-13-16-14(2)7-11-25-16)21-12-15-6-5-8-20-17(15)24-10-9-23-3;/h5-8,11H,4,9-10,12-13H2,1-3H3,(H2,19,21,22);1H. The van der Waals surface area contributed by atoms with E-state index in [9.17, 15) is 0 Å². The van der Waals surface area contributed by atoms with Crippen molar-refractivity contribution in [2.45, 2.75) is 26.9 Å².